The van der Waals surface area contributed by atoms with Crippen LogP contribution in [-0.2, 0) is 4.74 Å². The smallest absolute Gasteiger partial charge is 0.141 e. The van der Waals surface area contributed by atoms with Crippen LogP contribution < -0.4 is 0 Å². The zero-order valence-corrected chi connectivity index (χ0v) is 6.83. The second-order valence-electron chi connectivity index (χ2n) is 3.32. The van der Waals surface area contributed by atoms with Crippen molar-refractivity contribution in [2.75, 3.05) is 13.1 Å². The number of rotatable bonds is 2. The van der Waals surface area contributed by atoms with E-state index in [0.29, 0.717) is 12.3 Å². The van der Waals surface area contributed by atoms with Crippen molar-refractivity contribution in [2.24, 2.45) is 0 Å². The van der Waals surface area contributed by atoms with Gasteiger partial charge in [0.15, 0.2) is 0 Å². The van der Waals surface area contributed by atoms with Crippen molar-refractivity contribution in [3.63, 3.8) is 0 Å². The predicted molar refractivity (Wildman–Crippen MR) is 44.3 cm³/mol. The van der Waals surface area contributed by atoms with Crippen LogP contribution in [0.3, 0.4) is 0 Å². The minimum absolute atomic E-state index is 0.327. The molecule has 2 heterocycles. The lowest BCUT2D eigenvalue weighted by Crippen LogP contribution is -2.33. The number of piperidine rings is 1. The highest BCUT2D eigenvalue weighted by atomic mass is 16.6. The van der Waals surface area contributed by atoms with Gasteiger partial charge in [-0.15, -0.1) is 6.58 Å². The molecule has 2 unspecified atom stereocenters. The van der Waals surface area contributed by atoms with E-state index in [4.69, 9.17) is 4.74 Å². The summed E-state index contributed by atoms with van der Waals surface area (Å²) in [7, 11) is 0. The van der Waals surface area contributed by atoms with Crippen molar-refractivity contribution in [3.8, 4) is 0 Å². The van der Waals surface area contributed by atoms with Crippen LogP contribution in [0.4, 0.5) is 0 Å². The quantitative estimate of drug-likeness (QED) is 0.440. The van der Waals surface area contributed by atoms with Crippen LogP contribution in [0.1, 0.15) is 19.3 Å². The Kier molecular flexibility index (Phi) is 1.96. The fraction of sp³-hybridized carbons (Fsp3) is 0.778. The van der Waals surface area contributed by atoms with Gasteiger partial charge >= 0.3 is 0 Å². The summed E-state index contributed by atoms with van der Waals surface area (Å²) in [5.41, 5.74) is 0. The number of likely N-dealkylation sites (tertiary alicyclic amines) is 1. The fourth-order valence-electron chi connectivity index (χ4n) is 1.75. The maximum Gasteiger partial charge on any atom is 0.141 e. The molecule has 0 aliphatic carbocycles. The first kappa shape index (κ1) is 7.32. The molecule has 2 nitrogen and oxygen atoms in total. The van der Waals surface area contributed by atoms with Gasteiger partial charge in [-0.2, -0.15) is 0 Å². The molecule has 2 atom stereocenters. The Morgan fingerprint density at radius 1 is 1.27 bits per heavy atom. The van der Waals surface area contributed by atoms with Crippen molar-refractivity contribution < 1.29 is 4.74 Å². The van der Waals surface area contributed by atoms with Crippen molar-refractivity contribution in [1.29, 1.82) is 0 Å². The van der Waals surface area contributed by atoms with E-state index >= 15 is 0 Å². The molecule has 0 bridgehead atoms. The summed E-state index contributed by atoms with van der Waals surface area (Å²) in [6, 6.07) is 0. The van der Waals surface area contributed by atoms with E-state index in [0.717, 1.165) is 0 Å². The lowest BCUT2D eigenvalue weighted by molar-refractivity contribution is 0.149. The average Bonchev–Trinajstić information content (AvgIpc) is 2.85. The second-order valence-corrected chi connectivity index (χ2v) is 3.32. The molecule has 2 fully saturated rings. The van der Waals surface area contributed by atoms with E-state index in [2.05, 4.69) is 11.5 Å². The first-order valence-corrected chi connectivity index (χ1v) is 4.44. The van der Waals surface area contributed by atoms with Crippen LogP contribution in [-0.4, -0.2) is 30.3 Å². The largest absolute Gasteiger partial charge is 0.349 e. The molecule has 0 radical (unpaired) electrons. The summed E-state index contributed by atoms with van der Waals surface area (Å²) < 4.78 is 5.41. The Balaban J connectivity index is 1.81. The van der Waals surface area contributed by atoms with Gasteiger partial charge < -0.3 is 4.74 Å². The number of ether oxygens (including phenoxy) is 1. The van der Waals surface area contributed by atoms with Gasteiger partial charge in [0, 0.05) is 13.1 Å². The molecule has 2 aliphatic heterocycles. The minimum Gasteiger partial charge on any atom is -0.349 e. The van der Waals surface area contributed by atoms with E-state index in [1.807, 2.05) is 6.08 Å². The van der Waals surface area contributed by atoms with Gasteiger partial charge in [-0.25, -0.2) is 0 Å². The van der Waals surface area contributed by atoms with E-state index in [9.17, 15) is 0 Å². The zero-order valence-electron chi connectivity index (χ0n) is 6.83. The van der Waals surface area contributed by atoms with E-state index < -0.39 is 0 Å². The van der Waals surface area contributed by atoms with E-state index in [1.165, 1.54) is 32.4 Å². The zero-order chi connectivity index (χ0) is 7.68. The Bertz CT molecular complexity index is 152. The van der Waals surface area contributed by atoms with Gasteiger partial charge in [0.25, 0.3) is 0 Å². The highest BCUT2D eigenvalue weighted by Crippen LogP contribution is 2.28. The molecular weight excluding hydrogens is 138 g/mol. The molecule has 11 heavy (non-hydrogen) atoms. The number of hydrogen-bond donors (Lipinski definition) is 0. The van der Waals surface area contributed by atoms with Crippen LogP contribution in [0.25, 0.3) is 0 Å². The van der Waals surface area contributed by atoms with Crippen molar-refractivity contribution >= 4 is 0 Å². The van der Waals surface area contributed by atoms with Crippen molar-refractivity contribution in [3.05, 3.63) is 12.7 Å². The molecule has 2 rings (SSSR count). The highest BCUT2D eigenvalue weighted by molar-refractivity contribution is 4.98. The molecule has 2 heteroatoms. The first-order chi connectivity index (χ1) is 5.42. The summed E-state index contributed by atoms with van der Waals surface area (Å²) in [4.78, 5) is 2.43. The molecular formula is C9H15NO. The number of hydrogen-bond acceptors (Lipinski definition) is 2. The maximum atomic E-state index is 5.41. The molecule has 62 valence electrons. The van der Waals surface area contributed by atoms with E-state index in [-0.39, 0.29) is 0 Å². The Labute approximate surface area is 67.8 Å². The molecule has 2 aliphatic rings. The predicted octanol–water partition coefficient (Wildman–Crippen LogP) is 1.38. The molecule has 2 saturated heterocycles. The maximum absolute atomic E-state index is 5.41. The van der Waals surface area contributed by atoms with Gasteiger partial charge in [0.2, 0.25) is 0 Å². The monoisotopic (exact) mass is 153 g/mol. The third-order valence-corrected chi connectivity index (χ3v) is 2.48. The fourth-order valence-corrected chi connectivity index (χ4v) is 1.75. The molecule has 0 aromatic carbocycles. The normalized spacial score (nSPS) is 38.5. The van der Waals surface area contributed by atoms with Crippen LogP contribution in [0.15, 0.2) is 12.7 Å². The molecule has 0 amide bonds. The SMILES string of the molecule is C=CC1OC1N1CCCCC1. The molecule has 0 saturated carbocycles. The highest BCUT2D eigenvalue weighted by Gasteiger charge is 2.41. The summed E-state index contributed by atoms with van der Waals surface area (Å²) >= 11 is 0. The van der Waals surface area contributed by atoms with Gasteiger partial charge in [-0.1, -0.05) is 12.5 Å². The number of epoxide rings is 1. The Hall–Kier alpha value is -0.340. The third kappa shape index (κ3) is 1.47. The second kappa shape index (κ2) is 2.95. The van der Waals surface area contributed by atoms with Crippen LogP contribution in [0.2, 0.25) is 0 Å². The Morgan fingerprint density at radius 2 is 2.00 bits per heavy atom. The lowest BCUT2D eigenvalue weighted by atomic mass is 10.1. The van der Waals surface area contributed by atoms with Crippen molar-refractivity contribution in [1.82, 2.24) is 4.90 Å². The van der Waals surface area contributed by atoms with Gasteiger partial charge in [-0.3, -0.25) is 4.90 Å². The summed E-state index contributed by atoms with van der Waals surface area (Å²) in [5.74, 6) is 0. The van der Waals surface area contributed by atoms with Gasteiger partial charge in [-0.05, 0) is 12.8 Å². The molecule has 0 aromatic heterocycles. The number of nitrogens with zero attached hydrogens (tertiary/aromatic N) is 1. The molecule has 0 aromatic rings. The van der Waals surface area contributed by atoms with E-state index in [1.54, 1.807) is 0 Å². The summed E-state index contributed by atoms with van der Waals surface area (Å²) in [6.45, 7) is 6.15. The van der Waals surface area contributed by atoms with Gasteiger partial charge in [0.1, 0.15) is 12.3 Å². The first-order valence-electron chi connectivity index (χ1n) is 4.44. The van der Waals surface area contributed by atoms with Crippen LogP contribution in [0, 0.1) is 0 Å². The van der Waals surface area contributed by atoms with Crippen molar-refractivity contribution in [2.45, 2.75) is 31.6 Å². The standard InChI is InChI=1S/C9H15NO/c1-2-8-9(11-8)10-6-4-3-5-7-10/h2,8-9H,1,3-7H2. The van der Waals surface area contributed by atoms with Crippen LogP contribution in [0.5, 0.6) is 0 Å². The van der Waals surface area contributed by atoms with Crippen LogP contribution >= 0.6 is 0 Å². The molecule has 0 N–H and O–H groups in total. The topological polar surface area (TPSA) is 15.8 Å². The summed E-state index contributed by atoms with van der Waals surface area (Å²) in [5, 5.41) is 0. The average molecular weight is 153 g/mol. The molecule has 0 spiro atoms. The summed E-state index contributed by atoms with van der Waals surface area (Å²) in [6.07, 6.45) is 6.68. The lowest BCUT2D eigenvalue weighted by Gasteiger charge is -2.24. The van der Waals surface area contributed by atoms with Gasteiger partial charge in [0.05, 0.1) is 0 Å². The third-order valence-electron chi connectivity index (χ3n) is 2.48. The Morgan fingerprint density at radius 3 is 2.55 bits per heavy atom. The minimum atomic E-state index is 0.327.